The Balaban J connectivity index is 1.90. The zero-order valence-corrected chi connectivity index (χ0v) is 12.5. The third kappa shape index (κ3) is 2.86. The number of hydrogen-bond donors (Lipinski definition) is 0. The molecule has 0 atom stereocenters. The average Bonchev–Trinajstić information content (AvgIpc) is 2.89. The number of aromatic nitrogens is 1. The maximum atomic E-state index is 12.3. The van der Waals surface area contributed by atoms with Crippen LogP contribution in [0.15, 0.2) is 24.5 Å². The second kappa shape index (κ2) is 5.69. The lowest BCUT2D eigenvalue weighted by Crippen LogP contribution is -2.63. The molecule has 2 rings (SSSR count). The highest BCUT2D eigenvalue weighted by Crippen LogP contribution is 2.22. The normalized spacial score (nSPS) is 18.4. The molecular weight excluding hydrogens is 254 g/mol. The van der Waals surface area contributed by atoms with Gasteiger partial charge in [-0.3, -0.25) is 9.59 Å². The molecule has 0 saturated carbocycles. The minimum Gasteiger partial charge on any atom is -0.354 e. The molecule has 0 unspecified atom stereocenters. The van der Waals surface area contributed by atoms with E-state index in [4.69, 9.17) is 0 Å². The van der Waals surface area contributed by atoms with Crippen LogP contribution in [-0.2, 0) is 16.1 Å². The highest BCUT2D eigenvalue weighted by molar-refractivity contribution is 5.91. The standard InChI is InChI=1S/C15H23N3O2/c1-15(2)14(20)16(3)11-12-18(15)13(19)7-6-10-17-8-4-5-9-17/h4-5,8-9H,6-7,10-12H2,1-3H3. The monoisotopic (exact) mass is 277 g/mol. The van der Waals surface area contributed by atoms with Crippen molar-refractivity contribution in [1.29, 1.82) is 0 Å². The van der Waals surface area contributed by atoms with Crippen LogP contribution in [0.3, 0.4) is 0 Å². The van der Waals surface area contributed by atoms with Crippen molar-refractivity contribution in [2.75, 3.05) is 20.1 Å². The lowest BCUT2D eigenvalue weighted by atomic mass is 9.97. The number of nitrogens with zero attached hydrogens (tertiary/aromatic N) is 3. The van der Waals surface area contributed by atoms with Crippen molar-refractivity contribution < 1.29 is 9.59 Å². The summed E-state index contributed by atoms with van der Waals surface area (Å²) < 4.78 is 2.06. The van der Waals surface area contributed by atoms with Crippen molar-refractivity contribution in [2.24, 2.45) is 0 Å². The summed E-state index contributed by atoms with van der Waals surface area (Å²) in [6.45, 7) is 5.73. The Morgan fingerprint density at radius 3 is 2.55 bits per heavy atom. The van der Waals surface area contributed by atoms with E-state index < -0.39 is 5.54 Å². The van der Waals surface area contributed by atoms with Gasteiger partial charge in [0.15, 0.2) is 0 Å². The van der Waals surface area contributed by atoms with Gasteiger partial charge < -0.3 is 14.4 Å². The second-order valence-electron chi connectivity index (χ2n) is 5.86. The van der Waals surface area contributed by atoms with Gasteiger partial charge in [-0.2, -0.15) is 0 Å². The summed E-state index contributed by atoms with van der Waals surface area (Å²) in [6, 6.07) is 3.95. The first kappa shape index (κ1) is 14.6. The smallest absolute Gasteiger partial charge is 0.247 e. The molecule has 1 aromatic heterocycles. The molecule has 20 heavy (non-hydrogen) atoms. The van der Waals surface area contributed by atoms with Crippen LogP contribution in [0.5, 0.6) is 0 Å². The lowest BCUT2D eigenvalue weighted by molar-refractivity contribution is -0.157. The first-order valence-electron chi connectivity index (χ1n) is 7.09. The number of hydrogen-bond acceptors (Lipinski definition) is 2. The molecule has 0 radical (unpaired) electrons. The van der Waals surface area contributed by atoms with E-state index in [0.717, 1.165) is 13.0 Å². The zero-order valence-electron chi connectivity index (χ0n) is 12.5. The third-order valence-corrected chi connectivity index (χ3v) is 3.98. The van der Waals surface area contributed by atoms with E-state index >= 15 is 0 Å². The summed E-state index contributed by atoms with van der Waals surface area (Å²) in [5.74, 6) is 0.0890. The molecule has 1 fully saturated rings. The van der Waals surface area contributed by atoms with E-state index in [1.807, 2.05) is 38.4 Å². The Morgan fingerprint density at radius 1 is 1.25 bits per heavy atom. The Bertz CT molecular complexity index is 479. The molecule has 5 heteroatoms. The maximum Gasteiger partial charge on any atom is 0.247 e. The van der Waals surface area contributed by atoms with Gasteiger partial charge in [0.05, 0.1) is 0 Å². The third-order valence-electron chi connectivity index (χ3n) is 3.98. The quantitative estimate of drug-likeness (QED) is 0.834. The fourth-order valence-corrected chi connectivity index (χ4v) is 2.72. The molecule has 2 amide bonds. The second-order valence-corrected chi connectivity index (χ2v) is 5.86. The number of likely N-dealkylation sites (N-methyl/N-ethyl adjacent to an activating group) is 1. The van der Waals surface area contributed by atoms with Gasteiger partial charge in [-0.1, -0.05) is 0 Å². The van der Waals surface area contributed by atoms with Crippen molar-refractivity contribution in [3.63, 3.8) is 0 Å². The molecule has 0 aliphatic carbocycles. The predicted octanol–water partition coefficient (Wildman–Crippen LogP) is 1.35. The number of carbonyl (C=O) groups is 2. The van der Waals surface area contributed by atoms with Gasteiger partial charge in [0.25, 0.3) is 0 Å². The van der Waals surface area contributed by atoms with Crippen LogP contribution in [0.2, 0.25) is 0 Å². The molecule has 0 bridgehead atoms. The van der Waals surface area contributed by atoms with Crippen LogP contribution in [0.25, 0.3) is 0 Å². The van der Waals surface area contributed by atoms with Crippen LogP contribution >= 0.6 is 0 Å². The van der Waals surface area contributed by atoms with Gasteiger partial charge in [-0.25, -0.2) is 0 Å². The molecule has 110 valence electrons. The first-order valence-corrected chi connectivity index (χ1v) is 7.09. The van der Waals surface area contributed by atoms with Crippen LogP contribution < -0.4 is 0 Å². The minimum atomic E-state index is -0.725. The molecule has 0 aromatic carbocycles. The van der Waals surface area contributed by atoms with Crippen molar-refractivity contribution in [3.8, 4) is 0 Å². The molecule has 0 spiro atoms. The molecular formula is C15H23N3O2. The fourth-order valence-electron chi connectivity index (χ4n) is 2.72. The van der Waals surface area contributed by atoms with Gasteiger partial charge in [0, 0.05) is 45.5 Å². The SMILES string of the molecule is CN1CCN(C(=O)CCCn2cccc2)C(C)(C)C1=O. The highest BCUT2D eigenvalue weighted by Gasteiger charge is 2.42. The van der Waals surface area contributed by atoms with E-state index in [1.54, 1.807) is 16.8 Å². The summed E-state index contributed by atoms with van der Waals surface area (Å²) in [7, 11) is 1.79. The van der Waals surface area contributed by atoms with Crippen LogP contribution in [-0.4, -0.2) is 51.9 Å². The average molecular weight is 277 g/mol. The largest absolute Gasteiger partial charge is 0.354 e. The van der Waals surface area contributed by atoms with Crippen molar-refractivity contribution in [1.82, 2.24) is 14.4 Å². The summed E-state index contributed by atoms with van der Waals surface area (Å²) in [6.07, 6.45) is 5.27. The van der Waals surface area contributed by atoms with Crippen molar-refractivity contribution in [3.05, 3.63) is 24.5 Å². The Morgan fingerprint density at radius 2 is 1.90 bits per heavy atom. The first-order chi connectivity index (χ1) is 9.43. The maximum absolute atomic E-state index is 12.3. The number of piperazine rings is 1. The van der Waals surface area contributed by atoms with E-state index in [1.165, 1.54) is 0 Å². The van der Waals surface area contributed by atoms with Crippen molar-refractivity contribution >= 4 is 11.8 Å². The lowest BCUT2D eigenvalue weighted by Gasteiger charge is -2.44. The minimum absolute atomic E-state index is 0.0162. The molecule has 5 nitrogen and oxygen atoms in total. The predicted molar refractivity (Wildman–Crippen MR) is 77.1 cm³/mol. The summed E-state index contributed by atoms with van der Waals surface area (Å²) in [4.78, 5) is 27.9. The molecule has 0 N–H and O–H groups in total. The summed E-state index contributed by atoms with van der Waals surface area (Å²) >= 11 is 0. The van der Waals surface area contributed by atoms with E-state index in [9.17, 15) is 9.59 Å². The zero-order chi connectivity index (χ0) is 14.8. The Kier molecular flexibility index (Phi) is 4.16. The van der Waals surface area contributed by atoms with E-state index in [2.05, 4.69) is 4.57 Å². The van der Waals surface area contributed by atoms with Gasteiger partial charge in [0.1, 0.15) is 5.54 Å². The van der Waals surface area contributed by atoms with Crippen molar-refractivity contribution in [2.45, 2.75) is 38.8 Å². The van der Waals surface area contributed by atoms with Gasteiger partial charge in [-0.15, -0.1) is 0 Å². The molecule has 2 heterocycles. The van der Waals surface area contributed by atoms with Gasteiger partial charge in [-0.05, 0) is 32.4 Å². The van der Waals surface area contributed by atoms with E-state index in [-0.39, 0.29) is 11.8 Å². The van der Waals surface area contributed by atoms with E-state index in [0.29, 0.717) is 19.5 Å². The van der Waals surface area contributed by atoms with Crippen LogP contribution in [0.4, 0.5) is 0 Å². The molecule has 1 aromatic rings. The Labute approximate surface area is 120 Å². The van der Waals surface area contributed by atoms with Crippen LogP contribution in [0, 0.1) is 0 Å². The van der Waals surface area contributed by atoms with Gasteiger partial charge in [0.2, 0.25) is 11.8 Å². The Hall–Kier alpha value is -1.78. The molecule has 1 saturated heterocycles. The number of carbonyl (C=O) groups excluding carboxylic acids is 2. The number of aryl methyl sites for hydroxylation is 1. The number of amides is 2. The number of rotatable bonds is 4. The van der Waals surface area contributed by atoms with Crippen LogP contribution in [0.1, 0.15) is 26.7 Å². The fraction of sp³-hybridized carbons (Fsp3) is 0.600. The molecule has 1 aliphatic heterocycles. The molecule has 1 aliphatic rings. The summed E-state index contributed by atoms with van der Waals surface area (Å²) in [5, 5.41) is 0. The summed E-state index contributed by atoms with van der Waals surface area (Å²) in [5.41, 5.74) is -0.725. The topological polar surface area (TPSA) is 45.5 Å². The van der Waals surface area contributed by atoms with Gasteiger partial charge >= 0.3 is 0 Å². The highest BCUT2D eigenvalue weighted by atomic mass is 16.2.